The highest BCUT2D eigenvalue weighted by atomic mass is 16.4. The normalized spacial score (nSPS) is 23.4. The Morgan fingerprint density at radius 3 is 2.73 bits per heavy atom. The van der Waals surface area contributed by atoms with Crippen molar-refractivity contribution in [3.05, 3.63) is 42.4 Å². The molecule has 0 radical (unpaired) electrons. The van der Waals surface area contributed by atoms with Gasteiger partial charge in [0.1, 0.15) is 0 Å². The van der Waals surface area contributed by atoms with E-state index in [1.165, 1.54) is 0 Å². The van der Waals surface area contributed by atoms with Crippen LogP contribution in [-0.2, 0) is 0 Å². The highest BCUT2D eigenvalue weighted by Gasteiger charge is 2.36. The van der Waals surface area contributed by atoms with Crippen LogP contribution in [0.5, 0.6) is 0 Å². The van der Waals surface area contributed by atoms with E-state index in [0.29, 0.717) is 0 Å². The highest BCUT2D eigenvalue weighted by Crippen LogP contribution is 2.33. The van der Waals surface area contributed by atoms with E-state index in [1.807, 2.05) is 36.5 Å². The summed E-state index contributed by atoms with van der Waals surface area (Å²) in [7, 11) is 0. The lowest BCUT2D eigenvalue weighted by molar-refractivity contribution is 0.0574. The summed E-state index contributed by atoms with van der Waals surface area (Å²) in [4.78, 5) is 6.92. The van der Waals surface area contributed by atoms with Gasteiger partial charge in [-0.05, 0) is 18.8 Å². The van der Waals surface area contributed by atoms with E-state index in [-0.39, 0.29) is 17.5 Å². The summed E-state index contributed by atoms with van der Waals surface area (Å²) in [5, 5.41) is 0. The monoisotopic (exact) mass is 299 g/mol. The Morgan fingerprint density at radius 1 is 1.32 bits per heavy atom. The quantitative estimate of drug-likeness (QED) is 0.943. The van der Waals surface area contributed by atoms with Gasteiger partial charge in [0.15, 0.2) is 5.76 Å². The van der Waals surface area contributed by atoms with E-state index >= 15 is 0 Å². The summed E-state index contributed by atoms with van der Waals surface area (Å²) < 4.78 is 6.00. The number of likely N-dealkylation sites (tertiary alicyclic amines) is 1. The zero-order valence-electron chi connectivity index (χ0n) is 13.6. The number of hydrogen-bond acceptors (Lipinski definition) is 4. The standard InChI is InChI=1S/C18H25N3O/c1-13(21-10-9-16(19)18(2,3)12-21)17-20-11-15(22-17)14-7-5-4-6-8-14/h4-8,11,13,16H,9-10,12,19H2,1-3H3. The van der Waals surface area contributed by atoms with Crippen molar-refractivity contribution in [2.24, 2.45) is 11.1 Å². The van der Waals surface area contributed by atoms with Crippen molar-refractivity contribution in [3.8, 4) is 11.3 Å². The second-order valence-electron chi connectivity index (χ2n) is 6.96. The zero-order valence-corrected chi connectivity index (χ0v) is 13.6. The average Bonchev–Trinajstić information content (AvgIpc) is 3.00. The van der Waals surface area contributed by atoms with Crippen LogP contribution in [0.3, 0.4) is 0 Å². The minimum Gasteiger partial charge on any atom is -0.439 e. The van der Waals surface area contributed by atoms with Crippen molar-refractivity contribution >= 4 is 0 Å². The molecule has 1 saturated heterocycles. The van der Waals surface area contributed by atoms with E-state index < -0.39 is 0 Å². The summed E-state index contributed by atoms with van der Waals surface area (Å²) >= 11 is 0. The van der Waals surface area contributed by atoms with E-state index in [1.54, 1.807) is 0 Å². The van der Waals surface area contributed by atoms with Crippen molar-refractivity contribution in [3.63, 3.8) is 0 Å². The van der Waals surface area contributed by atoms with Crippen molar-refractivity contribution in [1.29, 1.82) is 0 Å². The van der Waals surface area contributed by atoms with Crippen LogP contribution in [0.25, 0.3) is 11.3 Å². The Balaban J connectivity index is 1.76. The molecule has 0 spiro atoms. The first kappa shape index (κ1) is 15.3. The molecular formula is C18H25N3O. The molecule has 2 N–H and O–H groups in total. The fourth-order valence-electron chi connectivity index (χ4n) is 3.12. The number of benzene rings is 1. The lowest BCUT2D eigenvalue weighted by Gasteiger charge is -2.44. The van der Waals surface area contributed by atoms with Crippen LogP contribution >= 0.6 is 0 Å². The number of hydrogen-bond donors (Lipinski definition) is 1. The van der Waals surface area contributed by atoms with Crippen LogP contribution in [0.2, 0.25) is 0 Å². The maximum Gasteiger partial charge on any atom is 0.211 e. The Kier molecular flexibility index (Phi) is 4.06. The number of piperidine rings is 1. The summed E-state index contributed by atoms with van der Waals surface area (Å²) in [6.45, 7) is 8.60. The van der Waals surface area contributed by atoms with Gasteiger partial charge in [0.05, 0.1) is 12.2 Å². The molecule has 4 nitrogen and oxygen atoms in total. The van der Waals surface area contributed by atoms with Gasteiger partial charge < -0.3 is 10.2 Å². The third-order valence-electron chi connectivity index (χ3n) is 4.83. The summed E-state index contributed by atoms with van der Waals surface area (Å²) in [5.74, 6) is 1.61. The molecule has 2 heterocycles. The first-order chi connectivity index (χ1) is 10.5. The minimum atomic E-state index is 0.126. The van der Waals surface area contributed by atoms with Crippen molar-refractivity contribution < 1.29 is 4.42 Å². The van der Waals surface area contributed by atoms with Crippen LogP contribution in [0.4, 0.5) is 0 Å². The molecule has 22 heavy (non-hydrogen) atoms. The maximum absolute atomic E-state index is 6.23. The fourth-order valence-corrected chi connectivity index (χ4v) is 3.12. The predicted octanol–water partition coefficient (Wildman–Crippen LogP) is 3.46. The molecule has 1 fully saturated rings. The second kappa shape index (κ2) is 5.86. The Labute approximate surface area is 132 Å². The molecule has 0 aliphatic carbocycles. The van der Waals surface area contributed by atoms with Gasteiger partial charge >= 0.3 is 0 Å². The van der Waals surface area contributed by atoms with E-state index in [2.05, 4.69) is 30.7 Å². The summed E-state index contributed by atoms with van der Waals surface area (Å²) in [6, 6.07) is 10.5. The smallest absolute Gasteiger partial charge is 0.211 e. The van der Waals surface area contributed by atoms with Gasteiger partial charge in [-0.15, -0.1) is 0 Å². The van der Waals surface area contributed by atoms with Gasteiger partial charge in [-0.1, -0.05) is 44.2 Å². The molecule has 2 unspecified atom stereocenters. The largest absolute Gasteiger partial charge is 0.439 e. The lowest BCUT2D eigenvalue weighted by atomic mass is 9.79. The van der Waals surface area contributed by atoms with Crippen LogP contribution < -0.4 is 5.73 Å². The molecule has 0 amide bonds. The maximum atomic E-state index is 6.23. The number of rotatable bonds is 3. The number of oxazole rings is 1. The van der Waals surface area contributed by atoms with Gasteiger partial charge in [0.25, 0.3) is 0 Å². The number of aromatic nitrogens is 1. The molecule has 4 heteroatoms. The second-order valence-corrected chi connectivity index (χ2v) is 6.96. The molecular weight excluding hydrogens is 274 g/mol. The molecule has 0 bridgehead atoms. The lowest BCUT2D eigenvalue weighted by Crippen LogP contribution is -2.52. The van der Waals surface area contributed by atoms with E-state index in [0.717, 1.165) is 36.7 Å². The molecule has 0 saturated carbocycles. The fraction of sp³-hybridized carbons (Fsp3) is 0.500. The predicted molar refractivity (Wildman–Crippen MR) is 88.3 cm³/mol. The first-order valence-corrected chi connectivity index (χ1v) is 7.98. The van der Waals surface area contributed by atoms with Gasteiger partial charge in [-0.3, -0.25) is 4.90 Å². The molecule has 118 valence electrons. The summed E-state index contributed by atoms with van der Waals surface area (Å²) in [6.07, 6.45) is 2.84. The van der Waals surface area contributed by atoms with Gasteiger partial charge in [-0.25, -0.2) is 4.98 Å². The summed E-state index contributed by atoms with van der Waals surface area (Å²) in [5.41, 5.74) is 7.42. The Morgan fingerprint density at radius 2 is 2.05 bits per heavy atom. The third kappa shape index (κ3) is 2.94. The zero-order chi connectivity index (χ0) is 15.7. The molecule has 3 rings (SSSR count). The van der Waals surface area contributed by atoms with Gasteiger partial charge in [-0.2, -0.15) is 0 Å². The van der Waals surface area contributed by atoms with Crippen LogP contribution in [-0.4, -0.2) is 29.0 Å². The molecule has 1 aliphatic rings. The number of nitrogens with zero attached hydrogens (tertiary/aromatic N) is 2. The molecule has 2 aromatic rings. The van der Waals surface area contributed by atoms with Crippen molar-refractivity contribution in [2.45, 2.75) is 39.3 Å². The molecule has 1 aliphatic heterocycles. The molecule has 2 atom stereocenters. The Bertz CT molecular complexity index is 620. The van der Waals surface area contributed by atoms with Crippen LogP contribution in [0.1, 0.15) is 39.1 Å². The topological polar surface area (TPSA) is 55.3 Å². The van der Waals surface area contributed by atoms with Crippen LogP contribution in [0, 0.1) is 5.41 Å². The van der Waals surface area contributed by atoms with Gasteiger partial charge in [0, 0.05) is 24.7 Å². The van der Waals surface area contributed by atoms with E-state index in [4.69, 9.17) is 10.2 Å². The number of nitrogens with two attached hydrogens (primary N) is 1. The first-order valence-electron chi connectivity index (χ1n) is 7.98. The molecule has 1 aromatic carbocycles. The SMILES string of the molecule is CC(c1ncc(-c2ccccc2)o1)N1CCC(N)C(C)(C)C1. The third-order valence-corrected chi connectivity index (χ3v) is 4.83. The Hall–Kier alpha value is -1.65. The van der Waals surface area contributed by atoms with Gasteiger partial charge in [0.2, 0.25) is 5.89 Å². The minimum absolute atomic E-state index is 0.126. The van der Waals surface area contributed by atoms with Crippen molar-refractivity contribution in [1.82, 2.24) is 9.88 Å². The average molecular weight is 299 g/mol. The van der Waals surface area contributed by atoms with E-state index in [9.17, 15) is 0 Å². The highest BCUT2D eigenvalue weighted by molar-refractivity contribution is 5.55. The van der Waals surface area contributed by atoms with Crippen LogP contribution in [0.15, 0.2) is 40.9 Å². The molecule has 1 aromatic heterocycles. The van der Waals surface area contributed by atoms with Crippen molar-refractivity contribution in [2.75, 3.05) is 13.1 Å².